The lowest BCUT2D eigenvalue weighted by atomic mass is 10.1. The van der Waals surface area contributed by atoms with Crippen molar-refractivity contribution in [1.82, 2.24) is 0 Å². The third kappa shape index (κ3) is 1.66. The molecular formula is C18H14N2. The van der Waals surface area contributed by atoms with Crippen LogP contribution in [-0.4, -0.2) is 0 Å². The SMILES string of the molecule is C1=CNc2c3c(ccc2=C1)=CC=CN3c1ccccc1. The van der Waals surface area contributed by atoms with Crippen molar-refractivity contribution in [1.29, 1.82) is 0 Å². The van der Waals surface area contributed by atoms with Crippen LogP contribution >= 0.6 is 0 Å². The summed E-state index contributed by atoms with van der Waals surface area (Å²) in [7, 11) is 0. The van der Waals surface area contributed by atoms with Crippen molar-refractivity contribution in [3.8, 4) is 0 Å². The number of rotatable bonds is 1. The van der Waals surface area contributed by atoms with E-state index in [1.807, 2.05) is 18.3 Å². The summed E-state index contributed by atoms with van der Waals surface area (Å²) in [4.78, 5) is 2.23. The number of hydrogen-bond donors (Lipinski definition) is 1. The van der Waals surface area contributed by atoms with Gasteiger partial charge < -0.3 is 10.2 Å². The van der Waals surface area contributed by atoms with Crippen molar-refractivity contribution in [2.24, 2.45) is 0 Å². The highest BCUT2D eigenvalue weighted by Gasteiger charge is 2.16. The predicted molar refractivity (Wildman–Crippen MR) is 85.1 cm³/mol. The molecule has 0 atom stereocenters. The van der Waals surface area contributed by atoms with Crippen molar-refractivity contribution < 1.29 is 0 Å². The molecule has 0 unspecified atom stereocenters. The van der Waals surface area contributed by atoms with Gasteiger partial charge in [0.1, 0.15) is 0 Å². The topological polar surface area (TPSA) is 15.3 Å². The summed E-state index contributed by atoms with van der Waals surface area (Å²) in [6.07, 6.45) is 12.5. The predicted octanol–water partition coefficient (Wildman–Crippen LogP) is 2.85. The third-order valence-electron chi connectivity index (χ3n) is 3.63. The van der Waals surface area contributed by atoms with Crippen LogP contribution in [0.3, 0.4) is 0 Å². The first kappa shape index (κ1) is 11.1. The molecule has 20 heavy (non-hydrogen) atoms. The van der Waals surface area contributed by atoms with E-state index in [1.165, 1.54) is 21.8 Å². The highest BCUT2D eigenvalue weighted by molar-refractivity contribution is 5.84. The van der Waals surface area contributed by atoms with Gasteiger partial charge in [-0.15, -0.1) is 0 Å². The van der Waals surface area contributed by atoms with E-state index in [0.717, 1.165) is 5.69 Å². The fourth-order valence-corrected chi connectivity index (χ4v) is 2.70. The molecule has 2 nitrogen and oxygen atoms in total. The Balaban J connectivity index is 1.99. The number of hydrogen-bond acceptors (Lipinski definition) is 2. The van der Waals surface area contributed by atoms with E-state index in [4.69, 9.17) is 0 Å². The van der Waals surface area contributed by atoms with E-state index in [0.29, 0.717) is 0 Å². The van der Waals surface area contributed by atoms with Gasteiger partial charge in [0.2, 0.25) is 0 Å². The van der Waals surface area contributed by atoms with E-state index in [-0.39, 0.29) is 0 Å². The van der Waals surface area contributed by atoms with Crippen LogP contribution in [0.2, 0.25) is 0 Å². The molecular weight excluding hydrogens is 244 g/mol. The van der Waals surface area contributed by atoms with E-state index in [9.17, 15) is 0 Å². The molecule has 2 aliphatic rings. The van der Waals surface area contributed by atoms with Crippen LogP contribution in [0.4, 0.5) is 17.1 Å². The van der Waals surface area contributed by atoms with Crippen LogP contribution in [0.25, 0.3) is 12.2 Å². The van der Waals surface area contributed by atoms with Gasteiger partial charge in [-0.2, -0.15) is 0 Å². The minimum Gasteiger partial charge on any atom is -0.359 e. The average Bonchev–Trinajstić information content (AvgIpc) is 2.55. The summed E-state index contributed by atoms with van der Waals surface area (Å²) < 4.78 is 0. The van der Waals surface area contributed by atoms with Gasteiger partial charge in [-0.25, -0.2) is 0 Å². The zero-order chi connectivity index (χ0) is 13.4. The lowest BCUT2D eigenvalue weighted by Crippen LogP contribution is -2.26. The van der Waals surface area contributed by atoms with E-state index in [1.54, 1.807) is 0 Å². The normalized spacial score (nSPS) is 14.7. The van der Waals surface area contributed by atoms with Crippen LogP contribution in [0.15, 0.2) is 67.0 Å². The van der Waals surface area contributed by atoms with Gasteiger partial charge in [0, 0.05) is 28.5 Å². The van der Waals surface area contributed by atoms with Gasteiger partial charge in [-0.05, 0) is 24.3 Å². The maximum absolute atomic E-state index is 3.38. The van der Waals surface area contributed by atoms with Crippen molar-refractivity contribution in [2.45, 2.75) is 0 Å². The molecule has 0 saturated carbocycles. The zero-order valence-corrected chi connectivity index (χ0v) is 11.0. The van der Waals surface area contributed by atoms with E-state index >= 15 is 0 Å². The Bertz CT molecular complexity index is 830. The quantitative estimate of drug-likeness (QED) is 0.846. The summed E-state index contributed by atoms with van der Waals surface area (Å²) in [5.74, 6) is 0. The average molecular weight is 258 g/mol. The first-order valence-corrected chi connectivity index (χ1v) is 6.73. The molecule has 0 radical (unpaired) electrons. The van der Waals surface area contributed by atoms with Crippen LogP contribution in [-0.2, 0) is 0 Å². The third-order valence-corrected chi connectivity index (χ3v) is 3.63. The Morgan fingerprint density at radius 2 is 1.60 bits per heavy atom. The van der Waals surface area contributed by atoms with Crippen LogP contribution < -0.4 is 20.7 Å². The molecule has 2 heteroatoms. The fraction of sp³-hybridized carbons (Fsp3) is 0. The molecule has 2 aliphatic heterocycles. The molecule has 2 heterocycles. The molecule has 0 saturated heterocycles. The van der Waals surface area contributed by atoms with Gasteiger partial charge in [-0.3, -0.25) is 0 Å². The van der Waals surface area contributed by atoms with Crippen LogP contribution in [0, 0.1) is 0 Å². The molecule has 2 aromatic rings. The van der Waals surface area contributed by atoms with Crippen molar-refractivity contribution >= 4 is 29.2 Å². The Labute approximate surface area is 117 Å². The second-order valence-electron chi connectivity index (χ2n) is 4.85. The number of allylic oxidation sites excluding steroid dienone is 2. The molecule has 0 aromatic heterocycles. The van der Waals surface area contributed by atoms with E-state index in [2.05, 4.69) is 71.0 Å². The van der Waals surface area contributed by atoms with Gasteiger partial charge >= 0.3 is 0 Å². The number of nitrogens with one attached hydrogen (secondary N) is 1. The highest BCUT2D eigenvalue weighted by atomic mass is 15.1. The summed E-state index contributed by atoms with van der Waals surface area (Å²) in [5, 5.41) is 5.83. The molecule has 0 amide bonds. The second kappa shape index (κ2) is 4.42. The second-order valence-corrected chi connectivity index (χ2v) is 4.85. The minimum atomic E-state index is 1.16. The fourth-order valence-electron chi connectivity index (χ4n) is 2.70. The number of para-hydroxylation sites is 1. The van der Waals surface area contributed by atoms with Gasteiger partial charge in [0.05, 0.1) is 11.4 Å². The largest absolute Gasteiger partial charge is 0.359 e. The van der Waals surface area contributed by atoms with Gasteiger partial charge in [0.25, 0.3) is 0 Å². The van der Waals surface area contributed by atoms with Crippen LogP contribution in [0.1, 0.15) is 0 Å². The zero-order valence-electron chi connectivity index (χ0n) is 11.0. The first-order valence-electron chi connectivity index (χ1n) is 6.73. The summed E-state index contributed by atoms with van der Waals surface area (Å²) in [5.41, 5.74) is 3.54. The standard InChI is InChI=1S/C18H14N2/c1-2-8-16(9-3-1)20-13-5-7-15-11-10-14-6-4-12-19-17(14)18(15)20/h1-13,19H. The Morgan fingerprint density at radius 1 is 0.800 bits per heavy atom. The summed E-state index contributed by atoms with van der Waals surface area (Å²) in [6.45, 7) is 0. The minimum absolute atomic E-state index is 1.16. The Hall–Kier alpha value is -2.74. The maximum atomic E-state index is 3.38. The summed E-state index contributed by atoms with van der Waals surface area (Å²) >= 11 is 0. The van der Waals surface area contributed by atoms with Gasteiger partial charge in [-0.1, -0.05) is 42.5 Å². The molecule has 0 aliphatic carbocycles. The Morgan fingerprint density at radius 3 is 2.50 bits per heavy atom. The van der Waals surface area contributed by atoms with Crippen LogP contribution in [0.5, 0.6) is 0 Å². The first-order chi connectivity index (χ1) is 9.93. The summed E-state index contributed by atoms with van der Waals surface area (Å²) in [6, 6.07) is 14.8. The van der Waals surface area contributed by atoms with Crippen molar-refractivity contribution in [3.05, 3.63) is 77.5 Å². The molecule has 0 fully saturated rings. The number of fused-ring (bicyclic) bond motifs is 3. The van der Waals surface area contributed by atoms with Gasteiger partial charge in [0.15, 0.2) is 0 Å². The number of anilines is 3. The van der Waals surface area contributed by atoms with E-state index < -0.39 is 0 Å². The Kier molecular flexibility index (Phi) is 2.46. The molecule has 0 spiro atoms. The lowest BCUT2D eigenvalue weighted by molar-refractivity contribution is 1.24. The molecule has 4 rings (SSSR count). The van der Waals surface area contributed by atoms with Crippen molar-refractivity contribution in [3.63, 3.8) is 0 Å². The number of benzene rings is 2. The smallest absolute Gasteiger partial charge is 0.0770 e. The number of nitrogens with zero attached hydrogens (tertiary/aromatic N) is 1. The van der Waals surface area contributed by atoms with Crippen molar-refractivity contribution in [2.75, 3.05) is 10.2 Å². The molecule has 1 N–H and O–H groups in total. The monoisotopic (exact) mass is 258 g/mol. The highest BCUT2D eigenvalue weighted by Crippen LogP contribution is 2.29. The maximum Gasteiger partial charge on any atom is 0.0770 e. The lowest BCUT2D eigenvalue weighted by Gasteiger charge is -2.27. The molecule has 2 aromatic carbocycles. The molecule has 96 valence electrons. The molecule has 0 bridgehead atoms.